The van der Waals surface area contributed by atoms with Gasteiger partial charge < -0.3 is 18.6 Å². The van der Waals surface area contributed by atoms with E-state index in [1.165, 1.54) is 6.04 Å². The summed E-state index contributed by atoms with van der Waals surface area (Å²) in [5.41, 5.74) is 2.52. The molecule has 1 aromatic carbocycles. The van der Waals surface area contributed by atoms with Crippen molar-refractivity contribution in [1.29, 1.82) is 0 Å². The van der Waals surface area contributed by atoms with Crippen LogP contribution in [-0.4, -0.2) is 42.6 Å². The molecule has 5 nitrogen and oxygen atoms in total. The van der Waals surface area contributed by atoms with Crippen LogP contribution in [-0.2, 0) is 20.8 Å². The third-order valence-electron chi connectivity index (χ3n) is 5.67. The van der Waals surface area contributed by atoms with Crippen molar-refractivity contribution in [3.8, 4) is 11.3 Å². The van der Waals surface area contributed by atoms with E-state index in [9.17, 15) is 0 Å². The number of hydrogen-bond donors (Lipinski definition) is 0. The molecule has 0 unspecified atom stereocenters. The van der Waals surface area contributed by atoms with Crippen LogP contribution in [0.4, 0.5) is 0 Å². The third kappa shape index (κ3) is 4.77. The highest BCUT2D eigenvalue weighted by atomic mass is 28.3. The number of imidazole rings is 1. The Morgan fingerprint density at radius 3 is 2.21 bits per heavy atom. The molecule has 28 heavy (non-hydrogen) atoms. The Morgan fingerprint density at radius 2 is 1.64 bits per heavy atom. The van der Waals surface area contributed by atoms with Crippen LogP contribution in [0.15, 0.2) is 36.8 Å². The SMILES string of the molecule is CC1(C)OB(c2ccc(-c3cncn3COCC[Si](C)(C)C)cc2)OC1(C)C. The number of nitrogens with zero attached hydrogens (tertiary/aromatic N) is 2. The summed E-state index contributed by atoms with van der Waals surface area (Å²) in [5.74, 6) is 0. The molecule has 152 valence electrons. The average molecular weight is 400 g/mol. The van der Waals surface area contributed by atoms with Gasteiger partial charge in [0.1, 0.15) is 6.73 Å². The largest absolute Gasteiger partial charge is 0.494 e. The second kappa shape index (κ2) is 7.78. The minimum absolute atomic E-state index is 0.331. The summed E-state index contributed by atoms with van der Waals surface area (Å²) in [6.07, 6.45) is 3.71. The van der Waals surface area contributed by atoms with Crippen molar-refractivity contribution in [3.63, 3.8) is 0 Å². The summed E-state index contributed by atoms with van der Waals surface area (Å²) < 4.78 is 20.2. The van der Waals surface area contributed by atoms with E-state index in [4.69, 9.17) is 14.0 Å². The van der Waals surface area contributed by atoms with Crippen LogP contribution in [0.2, 0.25) is 25.7 Å². The fourth-order valence-corrected chi connectivity index (χ4v) is 3.75. The molecule has 0 aliphatic carbocycles. The molecule has 7 heteroatoms. The van der Waals surface area contributed by atoms with Crippen LogP contribution in [0.5, 0.6) is 0 Å². The van der Waals surface area contributed by atoms with Crippen molar-refractivity contribution in [2.45, 2.75) is 71.3 Å². The maximum atomic E-state index is 6.14. The molecular formula is C21H33BN2O3Si. The van der Waals surface area contributed by atoms with Crippen molar-refractivity contribution in [2.75, 3.05) is 6.61 Å². The molecular weight excluding hydrogens is 367 g/mol. The van der Waals surface area contributed by atoms with Gasteiger partial charge in [-0.2, -0.15) is 0 Å². The molecule has 0 radical (unpaired) electrons. The molecule has 0 N–H and O–H groups in total. The van der Waals surface area contributed by atoms with Gasteiger partial charge in [0.2, 0.25) is 0 Å². The van der Waals surface area contributed by atoms with Crippen LogP contribution < -0.4 is 5.46 Å². The van der Waals surface area contributed by atoms with Crippen LogP contribution in [0, 0.1) is 0 Å². The van der Waals surface area contributed by atoms with Gasteiger partial charge in [-0.1, -0.05) is 43.9 Å². The smallest absolute Gasteiger partial charge is 0.399 e. The molecule has 0 bridgehead atoms. The maximum absolute atomic E-state index is 6.14. The van der Waals surface area contributed by atoms with Crippen molar-refractivity contribution < 1.29 is 14.0 Å². The van der Waals surface area contributed by atoms with E-state index in [1.807, 2.05) is 17.1 Å². The average Bonchev–Trinajstić information content (AvgIpc) is 3.13. The van der Waals surface area contributed by atoms with Gasteiger partial charge in [-0.15, -0.1) is 0 Å². The number of ether oxygens (including phenoxy) is 1. The predicted octanol–water partition coefficient (Wildman–Crippen LogP) is 4.16. The fraction of sp³-hybridized carbons (Fsp3) is 0.571. The molecule has 0 spiro atoms. The molecule has 1 fully saturated rings. The quantitative estimate of drug-likeness (QED) is 0.517. The lowest BCUT2D eigenvalue weighted by molar-refractivity contribution is 0.00578. The van der Waals surface area contributed by atoms with Crippen LogP contribution in [0.25, 0.3) is 11.3 Å². The predicted molar refractivity (Wildman–Crippen MR) is 117 cm³/mol. The zero-order valence-corrected chi connectivity index (χ0v) is 19.3. The van der Waals surface area contributed by atoms with E-state index in [1.54, 1.807) is 0 Å². The van der Waals surface area contributed by atoms with Crippen molar-refractivity contribution in [1.82, 2.24) is 9.55 Å². The topological polar surface area (TPSA) is 45.5 Å². The first-order chi connectivity index (χ1) is 13.0. The highest BCUT2D eigenvalue weighted by molar-refractivity contribution is 6.76. The molecule has 0 amide bonds. The highest BCUT2D eigenvalue weighted by Crippen LogP contribution is 2.36. The van der Waals surface area contributed by atoms with Gasteiger partial charge in [0.15, 0.2) is 0 Å². The molecule has 0 saturated carbocycles. The van der Waals surface area contributed by atoms with Crippen LogP contribution in [0.1, 0.15) is 27.7 Å². The first-order valence-electron chi connectivity index (χ1n) is 10.0. The molecule has 0 atom stereocenters. The lowest BCUT2D eigenvalue weighted by Crippen LogP contribution is -2.41. The number of aromatic nitrogens is 2. The monoisotopic (exact) mass is 400 g/mol. The summed E-state index contributed by atoms with van der Waals surface area (Å²) in [5, 5.41) is 0. The van der Waals surface area contributed by atoms with Crippen LogP contribution >= 0.6 is 0 Å². The summed E-state index contributed by atoms with van der Waals surface area (Å²) >= 11 is 0. The van der Waals surface area contributed by atoms with Gasteiger partial charge in [0.05, 0.1) is 29.4 Å². The molecule has 1 aliphatic heterocycles. The van der Waals surface area contributed by atoms with E-state index in [0.29, 0.717) is 6.73 Å². The van der Waals surface area contributed by atoms with Gasteiger partial charge in [0, 0.05) is 14.7 Å². The van der Waals surface area contributed by atoms with Gasteiger partial charge in [-0.25, -0.2) is 4.98 Å². The lowest BCUT2D eigenvalue weighted by Gasteiger charge is -2.32. The Morgan fingerprint density at radius 1 is 1.04 bits per heavy atom. The standard InChI is InChI=1S/C21H33BN2O3Si/c1-20(2)21(3,4)27-22(26-20)18-10-8-17(9-11-18)19-14-23-15-24(19)16-25-12-13-28(5,6)7/h8-11,14-15H,12-13,16H2,1-7H3. The normalized spacial score (nSPS) is 18.6. The zero-order valence-electron chi connectivity index (χ0n) is 18.3. The minimum atomic E-state index is -1.07. The van der Waals surface area contributed by atoms with Crippen molar-refractivity contribution in [3.05, 3.63) is 36.8 Å². The Hall–Kier alpha value is -1.41. The van der Waals surface area contributed by atoms with Crippen molar-refractivity contribution >= 4 is 20.7 Å². The van der Waals surface area contributed by atoms with E-state index in [2.05, 4.69) is 76.6 Å². The number of rotatable bonds is 7. The maximum Gasteiger partial charge on any atom is 0.494 e. The second-order valence-corrected chi connectivity index (χ2v) is 15.4. The van der Waals surface area contributed by atoms with Crippen LogP contribution in [0.3, 0.4) is 0 Å². The summed E-state index contributed by atoms with van der Waals surface area (Å²) in [7, 11) is -1.41. The van der Waals surface area contributed by atoms with E-state index >= 15 is 0 Å². The Labute approximate surface area is 170 Å². The molecule has 2 heterocycles. The molecule has 3 rings (SSSR count). The Kier molecular flexibility index (Phi) is 5.92. The summed E-state index contributed by atoms with van der Waals surface area (Å²) in [4.78, 5) is 4.31. The molecule has 1 aliphatic rings. The minimum Gasteiger partial charge on any atom is -0.399 e. The van der Waals surface area contributed by atoms with Gasteiger partial charge in [-0.3, -0.25) is 0 Å². The summed E-state index contributed by atoms with van der Waals surface area (Å²) in [6.45, 7) is 16.7. The van der Waals surface area contributed by atoms with E-state index in [-0.39, 0.29) is 18.3 Å². The Bertz CT molecular complexity index is 781. The van der Waals surface area contributed by atoms with E-state index in [0.717, 1.165) is 23.3 Å². The van der Waals surface area contributed by atoms with Gasteiger partial charge in [0.25, 0.3) is 0 Å². The first-order valence-corrected chi connectivity index (χ1v) is 13.7. The fourth-order valence-electron chi connectivity index (χ4n) is 3.00. The van der Waals surface area contributed by atoms with Crippen molar-refractivity contribution in [2.24, 2.45) is 0 Å². The zero-order chi connectivity index (χ0) is 20.6. The number of hydrogen-bond acceptors (Lipinski definition) is 4. The first kappa shape index (κ1) is 21.3. The summed E-state index contributed by atoms with van der Waals surface area (Å²) in [6, 6.07) is 9.49. The molecule has 1 saturated heterocycles. The highest BCUT2D eigenvalue weighted by Gasteiger charge is 2.51. The van der Waals surface area contributed by atoms with Gasteiger partial charge >= 0.3 is 7.12 Å². The third-order valence-corrected chi connectivity index (χ3v) is 7.38. The Balaban J connectivity index is 1.66. The van der Waals surface area contributed by atoms with Gasteiger partial charge in [-0.05, 0) is 44.8 Å². The van der Waals surface area contributed by atoms with E-state index < -0.39 is 8.07 Å². The molecule has 2 aromatic rings. The number of benzene rings is 1. The second-order valence-electron chi connectivity index (χ2n) is 9.81. The molecule has 1 aromatic heterocycles. The lowest BCUT2D eigenvalue weighted by atomic mass is 9.79.